The minimum atomic E-state index is -0.292. The normalized spacial score (nSPS) is 17.0. The predicted octanol–water partition coefficient (Wildman–Crippen LogP) is 0.937. The molecule has 2 heterocycles. The van der Waals surface area contributed by atoms with Crippen LogP contribution in [0.4, 0.5) is 0 Å². The van der Waals surface area contributed by atoms with Crippen LogP contribution in [0.1, 0.15) is 29.8 Å². The van der Waals surface area contributed by atoms with E-state index < -0.39 is 0 Å². The van der Waals surface area contributed by atoms with Gasteiger partial charge in [0, 0.05) is 19.5 Å². The molecule has 1 aliphatic heterocycles. The number of halogens is 1. The van der Waals surface area contributed by atoms with Gasteiger partial charge in [0.2, 0.25) is 5.91 Å². The molecule has 1 saturated heterocycles. The molecule has 0 radical (unpaired) electrons. The number of carbonyl (C=O) groups is 2. The Morgan fingerprint density at radius 2 is 2.19 bits per heavy atom. The van der Waals surface area contributed by atoms with Crippen LogP contribution in [0.3, 0.4) is 0 Å². The van der Waals surface area contributed by atoms with E-state index >= 15 is 0 Å². The van der Waals surface area contributed by atoms with Crippen LogP contribution in [-0.4, -0.2) is 38.0 Å². The molecule has 1 fully saturated rings. The van der Waals surface area contributed by atoms with E-state index in [1.54, 1.807) is 12.1 Å². The van der Waals surface area contributed by atoms with Gasteiger partial charge in [0.15, 0.2) is 5.76 Å². The fourth-order valence-electron chi connectivity index (χ4n) is 2.25. The van der Waals surface area contributed by atoms with Crippen LogP contribution in [0.25, 0.3) is 0 Å². The maximum absolute atomic E-state index is 11.6. The van der Waals surface area contributed by atoms with E-state index in [0.717, 1.165) is 19.5 Å². The summed E-state index contributed by atoms with van der Waals surface area (Å²) in [5.41, 5.74) is 0. The van der Waals surface area contributed by atoms with Crippen molar-refractivity contribution in [1.29, 1.82) is 0 Å². The van der Waals surface area contributed by atoms with Gasteiger partial charge in [-0.15, -0.1) is 12.4 Å². The van der Waals surface area contributed by atoms with Crippen LogP contribution >= 0.6 is 12.4 Å². The Morgan fingerprint density at radius 1 is 1.33 bits per heavy atom. The van der Waals surface area contributed by atoms with Crippen molar-refractivity contribution in [3.63, 3.8) is 0 Å². The second-order valence-electron chi connectivity index (χ2n) is 4.98. The molecule has 21 heavy (non-hydrogen) atoms. The van der Waals surface area contributed by atoms with Gasteiger partial charge in [-0.1, -0.05) is 0 Å². The molecule has 1 aromatic rings. The zero-order chi connectivity index (χ0) is 14.2. The molecule has 0 spiro atoms. The minimum absolute atomic E-state index is 0. The summed E-state index contributed by atoms with van der Waals surface area (Å²) in [5, 5.41) is 8.82. The molecule has 118 valence electrons. The Kier molecular flexibility index (Phi) is 7.85. The van der Waals surface area contributed by atoms with E-state index in [4.69, 9.17) is 4.42 Å². The lowest BCUT2D eigenvalue weighted by Gasteiger charge is -2.09. The molecule has 2 rings (SSSR count). The van der Waals surface area contributed by atoms with Crippen molar-refractivity contribution in [1.82, 2.24) is 16.0 Å². The smallest absolute Gasteiger partial charge is 0.286 e. The largest absolute Gasteiger partial charge is 0.459 e. The first kappa shape index (κ1) is 17.5. The Hall–Kier alpha value is -1.53. The maximum atomic E-state index is 11.6. The van der Waals surface area contributed by atoms with Crippen LogP contribution < -0.4 is 16.0 Å². The Bertz CT molecular complexity index is 431. The van der Waals surface area contributed by atoms with Gasteiger partial charge in [0.05, 0.1) is 6.26 Å². The molecular weight excluding hydrogens is 294 g/mol. The summed E-state index contributed by atoms with van der Waals surface area (Å²) < 4.78 is 4.96. The van der Waals surface area contributed by atoms with E-state index in [1.807, 2.05) is 0 Å². The maximum Gasteiger partial charge on any atom is 0.286 e. The van der Waals surface area contributed by atoms with E-state index in [1.165, 1.54) is 12.7 Å². The highest BCUT2D eigenvalue weighted by molar-refractivity contribution is 5.91. The lowest BCUT2D eigenvalue weighted by molar-refractivity contribution is -0.120. The van der Waals surface area contributed by atoms with Crippen molar-refractivity contribution in [2.24, 2.45) is 5.92 Å². The fraction of sp³-hybridized carbons (Fsp3) is 0.571. The van der Waals surface area contributed by atoms with Gasteiger partial charge in [-0.2, -0.15) is 0 Å². The number of rotatable bonds is 7. The molecule has 3 N–H and O–H groups in total. The van der Waals surface area contributed by atoms with Crippen LogP contribution in [0.5, 0.6) is 0 Å². The standard InChI is InChI=1S/C14H21N3O3.ClH/c18-13(16-7-4-11-3-6-15-10-11)5-8-17-14(19)12-2-1-9-20-12;/h1-2,9,11,15H,3-8,10H2,(H,16,18)(H,17,19);1H. The molecule has 0 aliphatic carbocycles. The molecule has 0 aromatic carbocycles. The van der Waals surface area contributed by atoms with Gasteiger partial charge >= 0.3 is 0 Å². The molecule has 0 saturated carbocycles. The van der Waals surface area contributed by atoms with E-state index in [9.17, 15) is 9.59 Å². The van der Waals surface area contributed by atoms with Crippen molar-refractivity contribution in [2.45, 2.75) is 19.3 Å². The third kappa shape index (κ3) is 6.18. The lowest BCUT2D eigenvalue weighted by Crippen LogP contribution is -2.31. The van der Waals surface area contributed by atoms with Gasteiger partial charge in [-0.05, 0) is 44.0 Å². The van der Waals surface area contributed by atoms with Gasteiger partial charge in [-0.3, -0.25) is 9.59 Å². The second-order valence-corrected chi connectivity index (χ2v) is 4.98. The Labute approximate surface area is 130 Å². The molecule has 1 atom stereocenters. The van der Waals surface area contributed by atoms with Crippen molar-refractivity contribution in [2.75, 3.05) is 26.2 Å². The van der Waals surface area contributed by atoms with Crippen molar-refractivity contribution in [3.05, 3.63) is 24.2 Å². The number of hydrogen-bond acceptors (Lipinski definition) is 4. The summed E-state index contributed by atoms with van der Waals surface area (Å²) in [7, 11) is 0. The average Bonchev–Trinajstić information content (AvgIpc) is 3.12. The highest BCUT2D eigenvalue weighted by Crippen LogP contribution is 2.10. The summed E-state index contributed by atoms with van der Waals surface area (Å²) in [6, 6.07) is 3.24. The SMILES string of the molecule is Cl.O=C(CCNC(=O)c1ccco1)NCCC1CCNC1. The van der Waals surface area contributed by atoms with Gasteiger partial charge in [0.1, 0.15) is 0 Å². The molecule has 1 unspecified atom stereocenters. The van der Waals surface area contributed by atoms with E-state index in [2.05, 4.69) is 16.0 Å². The topological polar surface area (TPSA) is 83.4 Å². The van der Waals surface area contributed by atoms with Crippen molar-refractivity contribution >= 4 is 24.2 Å². The Balaban J connectivity index is 0.00000220. The molecule has 1 aromatic heterocycles. The second kappa shape index (κ2) is 9.41. The van der Waals surface area contributed by atoms with Crippen molar-refractivity contribution < 1.29 is 14.0 Å². The summed E-state index contributed by atoms with van der Waals surface area (Å²) in [6.45, 7) is 3.15. The fourth-order valence-corrected chi connectivity index (χ4v) is 2.25. The van der Waals surface area contributed by atoms with Crippen LogP contribution in [-0.2, 0) is 4.79 Å². The zero-order valence-corrected chi connectivity index (χ0v) is 12.7. The van der Waals surface area contributed by atoms with Crippen LogP contribution in [0.15, 0.2) is 22.8 Å². The molecular formula is C14H22ClN3O3. The first-order valence-electron chi connectivity index (χ1n) is 7.05. The number of carbonyl (C=O) groups excluding carboxylic acids is 2. The van der Waals surface area contributed by atoms with Gasteiger partial charge in [-0.25, -0.2) is 0 Å². The zero-order valence-electron chi connectivity index (χ0n) is 11.9. The number of hydrogen-bond donors (Lipinski definition) is 3. The summed E-state index contributed by atoms with van der Waals surface area (Å²) in [6.07, 6.45) is 3.93. The molecule has 0 bridgehead atoms. The molecule has 7 heteroatoms. The van der Waals surface area contributed by atoms with E-state index in [-0.39, 0.29) is 36.4 Å². The van der Waals surface area contributed by atoms with Gasteiger partial charge in [0.25, 0.3) is 5.91 Å². The minimum Gasteiger partial charge on any atom is -0.459 e. The average molecular weight is 316 g/mol. The predicted molar refractivity (Wildman–Crippen MR) is 81.5 cm³/mol. The summed E-state index contributed by atoms with van der Waals surface area (Å²) in [4.78, 5) is 23.1. The Morgan fingerprint density at radius 3 is 2.86 bits per heavy atom. The van der Waals surface area contributed by atoms with E-state index in [0.29, 0.717) is 19.0 Å². The lowest BCUT2D eigenvalue weighted by atomic mass is 10.1. The summed E-state index contributed by atoms with van der Waals surface area (Å²) in [5.74, 6) is 0.614. The first-order valence-corrected chi connectivity index (χ1v) is 7.05. The number of nitrogens with one attached hydrogen (secondary N) is 3. The first-order chi connectivity index (χ1) is 9.75. The van der Waals surface area contributed by atoms with Crippen LogP contribution in [0, 0.1) is 5.92 Å². The van der Waals surface area contributed by atoms with Crippen molar-refractivity contribution in [3.8, 4) is 0 Å². The number of furan rings is 1. The highest BCUT2D eigenvalue weighted by Gasteiger charge is 2.14. The van der Waals surface area contributed by atoms with Gasteiger partial charge < -0.3 is 20.4 Å². The molecule has 2 amide bonds. The monoisotopic (exact) mass is 315 g/mol. The third-order valence-corrected chi connectivity index (χ3v) is 3.42. The number of amides is 2. The molecule has 1 aliphatic rings. The quantitative estimate of drug-likeness (QED) is 0.699. The van der Waals surface area contributed by atoms with Crippen LogP contribution in [0.2, 0.25) is 0 Å². The third-order valence-electron chi connectivity index (χ3n) is 3.42. The highest BCUT2D eigenvalue weighted by atomic mass is 35.5. The summed E-state index contributed by atoms with van der Waals surface area (Å²) >= 11 is 0. The molecule has 6 nitrogen and oxygen atoms in total.